The van der Waals surface area contributed by atoms with Crippen molar-refractivity contribution < 1.29 is 14.3 Å². The number of H-pyrrole nitrogens is 1. The summed E-state index contributed by atoms with van der Waals surface area (Å²) in [6, 6.07) is 13.8. The Morgan fingerprint density at radius 3 is 2.57 bits per heavy atom. The Bertz CT molecular complexity index is 836. The number of benzene rings is 2. The van der Waals surface area contributed by atoms with Crippen molar-refractivity contribution >= 4 is 16.9 Å². The fourth-order valence-electron chi connectivity index (χ4n) is 2.90. The van der Waals surface area contributed by atoms with Gasteiger partial charge in [0, 0.05) is 17.1 Å². The maximum absolute atomic E-state index is 12.1. The predicted octanol–water partition coefficient (Wildman–Crippen LogP) is 3.75. The lowest BCUT2D eigenvalue weighted by molar-refractivity contribution is 0.0596. The first-order valence-electron chi connectivity index (χ1n) is 7.53. The number of aromatic nitrogens is 1. The van der Waals surface area contributed by atoms with E-state index in [0.29, 0.717) is 11.3 Å². The summed E-state index contributed by atoms with van der Waals surface area (Å²) in [5, 5.41) is 1.22. The van der Waals surface area contributed by atoms with Crippen LogP contribution in [0.4, 0.5) is 0 Å². The monoisotopic (exact) mass is 309 g/mol. The molecule has 0 unspecified atom stereocenters. The molecule has 0 atom stereocenters. The minimum atomic E-state index is -0.364. The van der Waals surface area contributed by atoms with E-state index >= 15 is 0 Å². The number of hydrogen-bond donors (Lipinski definition) is 1. The van der Waals surface area contributed by atoms with Gasteiger partial charge in [0.1, 0.15) is 11.3 Å². The van der Waals surface area contributed by atoms with E-state index in [1.807, 2.05) is 30.5 Å². The maximum Gasteiger partial charge on any atom is 0.341 e. The highest BCUT2D eigenvalue weighted by molar-refractivity contribution is 5.94. The van der Waals surface area contributed by atoms with Crippen molar-refractivity contribution in [2.24, 2.45) is 0 Å². The molecular formula is C19H19NO3. The number of hydrogen-bond acceptors (Lipinski definition) is 3. The van der Waals surface area contributed by atoms with Crippen LogP contribution in [0.2, 0.25) is 0 Å². The van der Waals surface area contributed by atoms with E-state index in [1.54, 1.807) is 13.2 Å². The number of fused-ring (bicyclic) bond motifs is 1. The molecule has 3 rings (SSSR count). The lowest BCUT2D eigenvalue weighted by Gasteiger charge is -2.12. The molecule has 2 aromatic carbocycles. The molecule has 23 heavy (non-hydrogen) atoms. The quantitative estimate of drug-likeness (QED) is 0.730. The Morgan fingerprint density at radius 2 is 1.78 bits per heavy atom. The zero-order chi connectivity index (χ0) is 16.2. The number of esters is 1. The van der Waals surface area contributed by atoms with E-state index in [-0.39, 0.29) is 5.97 Å². The molecule has 0 aliphatic heterocycles. The second kappa shape index (κ2) is 6.57. The lowest BCUT2D eigenvalue weighted by atomic mass is 9.99. The van der Waals surface area contributed by atoms with Gasteiger partial charge in [-0.25, -0.2) is 4.79 Å². The van der Waals surface area contributed by atoms with E-state index in [4.69, 9.17) is 9.47 Å². The maximum atomic E-state index is 12.1. The van der Waals surface area contributed by atoms with Gasteiger partial charge >= 0.3 is 5.97 Å². The average Bonchev–Trinajstić information content (AvgIpc) is 3.02. The van der Waals surface area contributed by atoms with E-state index in [9.17, 15) is 4.79 Å². The molecule has 0 bridgehead atoms. The summed E-state index contributed by atoms with van der Waals surface area (Å²) in [5.74, 6) is 0.185. The molecule has 118 valence electrons. The SMILES string of the molecule is COC(=O)c1c(CCc2c[nH]c3ccccc23)cccc1OC. The molecule has 0 spiro atoms. The van der Waals surface area contributed by atoms with Crippen LogP contribution in [0.3, 0.4) is 0 Å². The topological polar surface area (TPSA) is 51.3 Å². The Balaban J connectivity index is 1.90. The van der Waals surface area contributed by atoms with Crippen LogP contribution in [0.1, 0.15) is 21.5 Å². The molecule has 0 aliphatic carbocycles. The molecule has 0 saturated carbocycles. The second-order valence-corrected chi connectivity index (χ2v) is 5.35. The van der Waals surface area contributed by atoms with E-state index in [0.717, 1.165) is 23.9 Å². The fourth-order valence-corrected chi connectivity index (χ4v) is 2.90. The minimum Gasteiger partial charge on any atom is -0.496 e. The summed E-state index contributed by atoms with van der Waals surface area (Å²) in [7, 11) is 2.95. The molecule has 1 heterocycles. The number of aromatic amines is 1. The van der Waals surface area contributed by atoms with Gasteiger partial charge in [-0.2, -0.15) is 0 Å². The van der Waals surface area contributed by atoms with Gasteiger partial charge in [0.05, 0.1) is 14.2 Å². The van der Waals surface area contributed by atoms with Crippen molar-refractivity contribution in [3.05, 3.63) is 65.4 Å². The third-order valence-electron chi connectivity index (χ3n) is 4.06. The highest BCUT2D eigenvalue weighted by Crippen LogP contribution is 2.26. The average molecular weight is 309 g/mol. The predicted molar refractivity (Wildman–Crippen MR) is 90.0 cm³/mol. The van der Waals surface area contributed by atoms with Crippen molar-refractivity contribution in [3.63, 3.8) is 0 Å². The molecule has 0 aliphatic rings. The van der Waals surface area contributed by atoms with Gasteiger partial charge in [0.15, 0.2) is 0 Å². The highest BCUT2D eigenvalue weighted by atomic mass is 16.5. The Hall–Kier alpha value is -2.75. The van der Waals surface area contributed by atoms with Gasteiger partial charge in [0.25, 0.3) is 0 Å². The van der Waals surface area contributed by atoms with E-state index < -0.39 is 0 Å². The van der Waals surface area contributed by atoms with E-state index in [2.05, 4.69) is 17.1 Å². The molecule has 3 aromatic rings. The molecule has 0 saturated heterocycles. The first-order valence-corrected chi connectivity index (χ1v) is 7.53. The van der Waals surface area contributed by atoms with Crippen molar-refractivity contribution in [3.8, 4) is 5.75 Å². The van der Waals surface area contributed by atoms with Gasteiger partial charge in [-0.05, 0) is 36.1 Å². The molecule has 0 radical (unpaired) electrons. The van der Waals surface area contributed by atoms with Crippen LogP contribution in [0.5, 0.6) is 5.75 Å². The van der Waals surface area contributed by atoms with Crippen molar-refractivity contribution in [1.29, 1.82) is 0 Å². The summed E-state index contributed by atoms with van der Waals surface area (Å²) < 4.78 is 10.2. The molecule has 0 fully saturated rings. The zero-order valence-corrected chi connectivity index (χ0v) is 13.3. The number of carbonyl (C=O) groups excluding carboxylic acids is 1. The van der Waals surface area contributed by atoms with Crippen molar-refractivity contribution in [2.75, 3.05) is 14.2 Å². The van der Waals surface area contributed by atoms with Gasteiger partial charge in [-0.15, -0.1) is 0 Å². The first-order chi connectivity index (χ1) is 11.2. The third kappa shape index (κ3) is 2.93. The third-order valence-corrected chi connectivity index (χ3v) is 4.06. The highest BCUT2D eigenvalue weighted by Gasteiger charge is 2.17. The van der Waals surface area contributed by atoms with Gasteiger partial charge in [-0.3, -0.25) is 0 Å². The minimum absolute atomic E-state index is 0.364. The number of para-hydroxylation sites is 1. The molecule has 4 nitrogen and oxygen atoms in total. The van der Waals surface area contributed by atoms with Crippen molar-refractivity contribution in [2.45, 2.75) is 12.8 Å². The second-order valence-electron chi connectivity index (χ2n) is 5.35. The van der Waals surface area contributed by atoms with Crippen LogP contribution in [-0.2, 0) is 17.6 Å². The number of rotatable bonds is 5. The van der Waals surface area contributed by atoms with Gasteiger partial charge in [-0.1, -0.05) is 30.3 Å². The number of carbonyl (C=O) groups is 1. The van der Waals surface area contributed by atoms with E-state index in [1.165, 1.54) is 18.1 Å². The van der Waals surface area contributed by atoms with Crippen LogP contribution >= 0.6 is 0 Å². The summed E-state index contributed by atoms with van der Waals surface area (Å²) in [5.41, 5.74) is 3.80. The number of aryl methyl sites for hydroxylation is 2. The van der Waals surface area contributed by atoms with Crippen LogP contribution in [-0.4, -0.2) is 25.2 Å². The molecular weight excluding hydrogens is 290 g/mol. The summed E-state index contributed by atoms with van der Waals surface area (Å²) in [6.07, 6.45) is 3.60. The Labute approximate surface area is 135 Å². The van der Waals surface area contributed by atoms with Gasteiger partial charge < -0.3 is 14.5 Å². The smallest absolute Gasteiger partial charge is 0.341 e. The largest absolute Gasteiger partial charge is 0.496 e. The standard InChI is InChI=1S/C19H19NO3/c1-22-17-9-5-6-13(18(17)19(21)23-2)10-11-14-12-20-16-8-4-3-7-15(14)16/h3-9,12,20H,10-11H2,1-2H3. The van der Waals surface area contributed by atoms with Crippen LogP contribution in [0.15, 0.2) is 48.7 Å². The normalized spacial score (nSPS) is 10.7. The first kappa shape index (κ1) is 15.2. The van der Waals surface area contributed by atoms with Gasteiger partial charge in [0.2, 0.25) is 0 Å². The van der Waals surface area contributed by atoms with Crippen LogP contribution < -0.4 is 4.74 Å². The number of ether oxygens (including phenoxy) is 2. The molecule has 1 N–H and O–H groups in total. The Morgan fingerprint density at radius 1 is 1.00 bits per heavy atom. The molecule has 4 heteroatoms. The summed E-state index contributed by atoms with van der Waals surface area (Å²) in [6.45, 7) is 0. The molecule has 1 aromatic heterocycles. The summed E-state index contributed by atoms with van der Waals surface area (Å²) >= 11 is 0. The summed E-state index contributed by atoms with van der Waals surface area (Å²) in [4.78, 5) is 15.4. The number of nitrogens with one attached hydrogen (secondary N) is 1. The van der Waals surface area contributed by atoms with Crippen LogP contribution in [0.25, 0.3) is 10.9 Å². The lowest BCUT2D eigenvalue weighted by Crippen LogP contribution is -2.09. The number of methoxy groups -OCH3 is 2. The zero-order valence-electron chi connectivity index (χ0n) is 13.3. The van der Waals surface area contributed by atoms with Crippen LogP contribution in [0, 0.1) is 0 Å². The Kier molecular flexibility index (Phi) is 4.33. The molecule has 0 amide bonds. The fraction of sp³-hybridized carbons (Fsp3) is 0.211. The van der Waals surface area contributed by atoms with Crippen molar-refractivity contribution in [1.82, 2.24) is 4.98 Å².